The summed E-state index contributed by atoms with van der Waals surface area (Å²) in [6.45, 7) is 1.60. The van der Waals surface area contributed by atoms with E-state index >= 15 is 0 Å². The maximum absolute atomic E-state index is 12.2. The standard InChI is InChI=1S/C14H17BrF3N/c1-9(8-14(16,17)18)19-13-6-11(7-13)10-3-2-4-12(15)5-10/h2-5,9,11,13,19H,6-8H2,1H3. The second kappa shape index (κ2) is 5.83. The molecule has 0 bridgehead atoms. The van der Waals surface area contributed by atoms with Gasteiger partial charge in [-0.15, -0.1) is 0 Å². The molecule has 5 heteroatoms. The monoisotopic (exact) mass is 335 g/mol. The zero-order valence-electron chi connectivity index (χ0n) is 10.7. The highest BCUT2D eigenvalue weighted by Gasteiger charge is 2.34. The fourth-order valence-electron chi connectivity index (χ4n) is 2.60. The maximum Gasteiger partial charge on any atom is 0.390 e. The van der Waals surface area contributed by atoms with Crippen LogP contribution in [0, 0.1) is 0 Å². The third kappa shape index (κ3) is 4.49. The van der Waals surface area contributed by atoms with Gasteiger partial charge in [-0.25, -0.2) is 0 Å². The van der Waals surface area contributed by atoms with Crippen LogP contribution in [-0.4, -0.2) is 18.3 Å². The molecule has 1 aromatic rings. The number of alkyl halides is 3. The van der Waals surface area contributed by atoms with Crippen molar-refractivity contribution in [2.75, 3.05) is 0 Å². The van der Waals surface area contributed by atoms with E-state index in [4.69, 9.17) is 0 Å². The Bertz CT molecular complexity index is 427. The lowest BCUT2D eigenvalue weighted by molar-refractivity contribution is -0.139. The van der Waals surface area contributed by atoms with Crippen LogP contribution in [0.2, 0.25) is 0 Å². The van der Waals surface area contributed by atoms with E-state index in [1.165, 1.54) is 5.56 Å². The molecular formula is C14H17BrF3N. The van der Waals surface area contributed by atoms with Crippen molar-refractivity contribution < 1.29 is 13.2 Å². The molecule has 19 heavy (non-hydrogen) atoms. The number of nitrogens with one attached hydrogen (secondary N) is 1. The predicted octanol–water partition coefficient (Wildman–Crippen LogP) is 4.63. The van der Waals surface area contributed by atoms with Gasteiger partial charge in [-0.2, -0.15) is 13.2 Å². The number of hydrogen-bond donors (Lipinski definition) is 1. The Kier molecular flexibility index (Phi) is 4.56. The van der Waals surface area contributed by atoms with E-state index in [9.17, 15) is 13.2 Å². The Morgan fingerprint density at radius 1 is 1.37 bits per heavy atom. The molecule has 1 N–H and O–H groups in total. The minimum Gasteiger partial charge on any atom is -0.311 e. The third-order valence-corrected chi connectivity index (χ3v) is 4.01. The topological polar surface area (TPSA) is 12.0 Å². The summed E-state index contributed by atoms with van der Waals surface area (Å²) in [6.07, 6.45) is -3.01. The summed E-state index contributed by atoms with van der Waals surface area (Å²) in [7, 11) is 0. The first kappa shape index (κ1) is 14.9. The Morgan fingerprint density at radius 3 is 2.63 bits per heavy atom. The normalized spacial score (nSPS) is 24.9. The van der Waals surface area contributed by atoms with Crippen molar-refractivity contribution >= 4 is 15.9 Å². The van der Waals surface area contributed by atoms with Crippen molar-refractivity contribution in [2.45, 2.75) is 50.4 Å². The van der Waals surface area contributed by atoms with E-state index in [-0.39, 0.29) is 6.04 Å². The first-order chi connectivity index (χ1) is 8.83. The minimum atomic E-state index is -4.08. The van der Waals surface area contributed by atoms with Gasteiger partial charge in [0.25, 0.3) is 0 Å². The molecular weight excluding hydrogens is 319 g/mol. The van der Waals surface area contributed by atoms with Crippen molar-refractivity contribution in [3.05, 3.63) is 34.3 Å². The summed E-state index contributed by atoms with van der Waals surface area (Å²) < 4.78 is 37.7. The molecule has 1 unspecified atom stereocenters. The maximum atomic E-state index is 12.2. The van der Waals surface area contributed by atoms with Crippen molar-refractivity contribution in [3.63, 3.8) is 0 Å². The van der Waals surface area contributed by atoms with Crippen LogP contribution in [0.1, 0.15) is 37.7 Å². The SMILES string of the molecule is CC(CC(F)(F)F)NC1CC(c2cccc(Br)c2)C1. The number of rotatable bonds is 4. The molecule has 1 aliphatic rings. The molecule has 0 aromatic heterocycles. The molecule has 0 amide bonds. The summed E-state index contributed by atoms with van der Waals surface area (Å²) in [5.41, 5.74) is 1.26. The number of hydrogen-bond acceptors (Lipinski definition) is 1. The fourth-order valence-corrected chi connectivity index (χ4v) is 3.01. The minimum absolute atomic E-state index is 0.210. The lowest BCUT2D eigenvalue weighted by Gasteiger charge is -2.38. The second-order valence-corrected chi connectivity index (χ2v) is 6.22. The fraction of sp³-hybridized carbons (Fsp3) is 0.571. The van der Waals surface area contributed by atoms with E-state index in [0.717, 1.165) is 17.3 Å². The molecule has 1 nitrogen and oxygen atoms in total. The molecule has 1 atom stereocenters. The van der Waals surface area contributed by atoms with Gasteiger partial charge in [0.2, 0.25) is 0 Å². The molecule has 0 radical (unpaired) electrons. The van der Waals surface area contributed by atoms with Gasteiger partial charge in [-0.3, -0.25) is 0 Å². The van der Waals surface area contributed by atoms with Crippen LogP contribution < -0.4 is 5.32 Å². The van der Waals surface area contributed by atoms with Crippen LogP contribution in [0.4, 0.5) is 13.2 Å². The van der Waals surface area contributed by atoms with Crippen LogP contribution in [0.3, 0.4) is 0 Å². The summed E-state index contributed by atoms with van der Waals surface area (Å²) in [5.74, 6) is 0.466. The molecule has 1 fully saturated rings. The first-order valence-electron chi connectivity index (χ1n) is 6.42. The Hall–Kier alpha value is -0.550. The second-order valence-electron chi connectivity index (χ2n) is 5.31. The Labute approximate surface area is 119 Å². The number of halogens is 4. The lowest BCUT2D eigenvalue weighted by atomic mass is 9.75. The largest absolute Gasteiger partial charge is 0.390 e. The average molecular weight is 336 g/mol. The van der Waals surface area contributed by atoms with Gasteiger partial charge in [-0.1, -0.05) is 28.1 Å². The smallest absolute Gasteiger partial charge is 0.311 e. The van der Waals surface area contributed by atoms with E-state index in [2.05, 4.69) is 33.4 Å². The molecule has 0 saturated heterocycles. The van der Waals surface area contributed by atoms with E-state index in [1.54, 1.807) is 6.92 Å². The zero-order chi connectivity index (χ0) is 14.0. The third-order valence-electron chi connectivity index (χ3n) is 3.52. The van der Waals surface area contributed by atoms with Crippen LogP contribution in [0.5, 0.6) is 0 Å². The molecule has 1 aromatic carbocycles. The Morgan fingerprint density at radius 2 is 2.05 bits per heavy atom. The summed E-state index contributed by atoms with van der Waals surface area (Å²) >= 11 is 3.43. The van der Waals surface area contributed by atoms with Crippen LogP contribution >= 0.6 is 15.9 Å². The summed E-state index contributed by atoms with van der Waals surface area (Å²) in [5, 5.41) is 3.06. The van der Waals surface area contributed by atoms with Crippen LogP contribution in [0.25, 0.3) is 0 Å². The van der Waals surface area contributed by atoms with Crippen LogP contribution in [0.15, 0.2) is 28.7 Å². The Balaban J connectivity index is 1.77. The molecule has 1 saturated carbocycles. The van der Waals surface area contributed by atoms with Gasteiger partial charge in [0.1, 0.15) is 0 Å². The average Bonchev–Trinajstić information content (AvgIpc) is 2.20. The number of benzene rings is 1. The lowest BCUT2D eigenvalue weighted by Crippen LogP contribution is -2.45. The van der Waals surface area contributed by atoms with Gasteiger partial charge >= 0.3 is 6.18 Å². The predicted molar refractivity (Wildman–Crippen MR) is 73.2 cm³/mol. The quantitative estimate of drug-likeness (QED) is 0.846. The van der Waals surface area contributed by atoms with Gasteiger partial charge < -0.3 is 5.32 Å². The summed E-state index contributed by atoms with van der Waals surface area (Å²) in [6, 6.07) is 7.83. The van der Waals surface area contributed by atoms with Crippen LogP contribution in [-0.2, 0) is 0 Å². The highest BCUT2D eigenvalue weighted by Crippen LogP contribution is 2.38. The molecule has 0 aliphatic heterocycles. The molecule has 0 spiro atoms. The molecule has 106 valence electrons. The molecule has 1 aliphatic carbocycles. The summed E-state index contributed by atoms with van der Waals surface area (Å²) in [4.78, 5) is 0. The first-order valence-corrected chi connectivity index (χ1v) is 7.21. The van der Waals surface area contributed by atoms with E-state index in [1.807, 2.05) is 12.1 Å². The van der Waals surface area contributed by atoms with Crippen molar-refractivity contribution in [3.8, 4) is 0 Å². The molecule has 2 rings (SSSR count). The van der Waals surface area contributed by atoms with Gasteiger partial charge in [-0.05, 0) is 43.4 Å². The van der Waals surface area contributed by atoms with E-state index in [0.29, 0.717) is 5.92 Å². The van der Waals surface area contributed by atoms with Gasteiger partial charge in [0, 0.05) is 16.6 Å². The van der Waals surface area contributed by atoms with Crippen molar-refractivity contribution in [1.82, 2.24) is 5.32 Å². The highest BCUT2D eigenvalue weighted by molar-refractivity contribution is 9.10. The van der Waals surface area contributed by atoms with Crippen molar-refractivity contribution in [2.24, 2.45) is 0 Å². The van der Waals surface area contributed by atoms with Gasteiger partial charge in [0.15, 0.2) is 0 Å². The molecule has 0 heterocycles. The van der Waals surface area contributed by atoms with E-state index < -0.39 is 18.6 Å². The van der Waals surface area contributed by atoms with Crippen molar-refractivity contribution in [1.29, 1.82) is 0 Å². The highest BCUT2D eigenvalue weighted by atomic mass is 79.9. The zero-order valence-corrected chi connectivity index (χ0v) is 12.3. The van der Waals surface area contributed by atoms with Gasteiger partial charge in [0.05, 0.1) is 6.42 Å².